The van der Waals surface area contributed by atoms with Crippen molar-refractivity contribution >= 4 is 11.8 Å². The van der Waals surface area contributed by atoms with Crippen molar-refractivity contribution in [2.45, 2.75) is 18.4 Å². The van der Waals surface area contributed by atoms with Crippen LogP contribution in [0.1, 0.15) is 12.8 Å². The molecule has 2 aromatic rings. The highest BCUT2D eigenvalue weighted by atomic mass is 16.5. The Morgan fingerprint density at radius 2 is 2.20 bits per heavy atom. The van der Waals surface area contributed by atoms with Crippen molar-refractivity contribution in [3.63, 3.8) is 0 Å². The van der Waals surface area contributed by atoms with Gasteiger partial charge in [0, 0.05) is 58.1 Å². The van der Waals surface area contributed by atoms with Gasteiger partial charge in [-0.2, -0.15) is 5.10 Å². The highest BCUT2D eigenvalue weighted by Gasteiger charge is 2.32. The lowest BCUT2D eigenvalue weighted by Gasteiger charge is -2.35. The maximum Gasteiger partial charge on any atom is 0.322 e. The van der Waals surface area contributed by atoms with Crippen LogP contribution in [0, 0.1) is 0 Å². The molecule has 2 aromatic heterocycles. The Morgan fingerprint density at radius 1 is 1.44 bits per heavy atom. The maximum absolute atomic E-state index is 12.4. The minimum absolute atomic E-state index is 0.254. The van der Waals surface area contributed by atoms with Crippen LogP contribution in [0.25, 0.3) is 11.1 Å². The van der Waals surface area contributed by atoms with Crippen LogP contribution in [0.3, 0.4) is 0 Å². The van der Waals surface area contributed by atoms with Gasteiger partial charge in [-0.25, -0.2) is 9.78 Å². The van der Waals surface area contributed by atoms with E-state index in [1.165, 1.54) is 4.90 Å². The molecule has 1 aliphatic heterocycles. The van der Waals surface area contributed by atoms with Gasteiger partial charge in [-0.1, -0.05) is 0 Å². The third kappa shape index (κ3) is 4.34. The van der Waals surface area contributed by atoms with Crippen molar-refractivity contribution in [2.24, 2.45) is 7.05 Å². The predicted octanol–water partition coefficient (Wildman–Crippen LogP) is 1.49. The van der Waals surface area contributed by atoms with Crippen molar-refractivity contribution in [3.05, 3.63) is 30.7 Å². The summed E-state index contributed by atoms with van der Waals surface area (Å²) in [6, 6.07) is 3.35. The summed E-state index contributed by atoms with van der Waals surface area (Å²) < 4.78 is 6.98. The molecule has 0 spiro atoms. The minimum atomic E-state index is -0.894. The van der Waals surface area contributed by atoms with Crippen molar-refractivity contribution in [2.75, 3.05) is 32.1 Å². The highest BCUT2D eigenvalue weighted by molar-refractivity contribution is 5.88. The largest absolute Gasteiger partial charge is 0.388 e. The second-order valence-electron chi connectivity index (χ2n) is 6.46. The molecule has 2 N–H and O–H groups in total. The zero-order valence-corrected chi connectivity index (χ0v) is 14.5. The van der Waals surface area contributed by atoms with E-state index in [-0.39, 0.29) is 12.6 Å². The fourth-order valence-electron chi connectivity index (χ4n) is 2.88. The van der Waals surface area contributed by atoms with Crippen LogP contribution in [0.2, 0.25) is 0 Å². The lowest BCUT2D eigenvalue weighted by molar-refractivity contribution is -0.0717. The molecule has 1 aliphatic rings. The van der Waals surface area contributed by atoms with Crippen molar-refractivity contribution in [1.29, 1.82) is 0 Å². The van der Waals surface area contributed by atoms with E-state index >= 15 is 0 Å². The van der Waals surface area contributed by atoms with Gasteiger partial charge in [-0.05, 0) is 17.7 Å². The predicted molar refractivity (Wildman–Crippen MR) is 93.1 cm³/mol. The third-order valence-corrected chi connectivity index (χ3v) is 4.33. The molecule has 0 saturated carbocycles. The molecular weight excluding hydrogens is 322 g/mol. The minimum Gasteiger partial charge on any atom is -0.388 e. The van der Waals surface area contributed by atoms with Crippen molar-refractivity contribution in [1.82, 2.24) is 19.7 Å². The number of aliphatic hydroxyl groups is 1. The molecular formula is C17H23N5O3. The van der Waals surface area contributed by atoms with E-state index in [4.69, 9.17) is 4.74 Å². The molecule has 0 bridgehead atoms. The SMILES string of the molecule is CN(CC1(O)CCOCC1)C(=O)Nc1cc(-c2cnn(C)c2)ccn1. The van der Waals surface area contributed by atoms with E-state index in [0.717, 1.165) is 11.1 Å². The number of nitrogens with one attached hydrogen (secondary N) is 1. The van der Waals surface area contributed by atoms with Crippen LogP contribution in [0.5, 0.6) is 0 Å². The number of likely N-dealkylation sites (N-methyl/N-ethyl adjacent to an activating group) is 1. The molecule has 1 saturated heterocycles. The Morgan fingerprint density at radius 3 is 2.88 bits per heavy atom. The van der Waals surface area contributed by atoms with Gasteiger partial charge in [0.15, 0.2) is 0 Å². The number of nitrogens with zero attached hydrogens (tertiary/aromatic N) is 4. The van der Waals surface area contributed by atoms with Crippen LogP contribution >= 0.6 is 0 Å². The fourth-order valence-corrected chi connectivity index (χ4v) is 2.88. The summed E-state index contributed by atoms with van der Waals surface area (Å²) in [4.78, 5) is 18.1. The summed E-state index contributed by atoms with van der Waals surface area (Å²) >= 11 is 0. The average Bonchev–Trinajstić information content (AvgIpc) is 3.02. The topological polar surface area (TPSA) is 92.5 Å². The number of aromatic nitrogens is 3. The highest BCUT2D eigenvalue weighted by Crippen LogP contribution is 2.22. The molecule has 8 nitrogen and oxygen atoms in total. The Balaban J connectivity index is 1.64. The number of aryl methyl sites for hydroxylation is 1. The first-order chi connectivity index (χ1) is 12.0. The van der Waals surface area contributed by atoms with E-state index in [0.29, 0.717) is 31.9 Å². The molecule has 1 fully saturated rings. The first kappa shape index (κ1) is 17.4. The zero-order valence-electron chi connectivity index (χ0n) is 14.5. The number of pyridine rings is 1. The van der Waals surface area contributed by atoms with Gasteiger partial charge < -0.3 is 14.7 Å². The average molecular weight is 345 g/mol. The van der Waals surface area contributed by atoms with Crippen LogP contribution < -0.4 is 5.32 Å². The number of carbonyl (C=O) groups is 1. The Labute approximate surface area is 146 Å². The van der Waals surface area contributed by atoms with Crippen molar-refractivity contribution < 1.29 is 14.6 Å². The van der Waals surface area contributed by atoms with Crippen LogP contribution in [-0.2, 0) is 11.8 Å². The standard InChI is InChI=1S/C17H23N5O3/c1-21(12-17(24)4-7-25-8-5-17)16(23)20-15-9-13(3-6-18-15)14-10-19-22(2)11-14/h3,6,9-11,24H,4-5,7-8,12H2,1-2H3,(H,18,20,23). The number of amides is 2. The second kappa shape index (κ2) is 7.20. The molecule has 0 aliphatic carbocycles. The van der Waals surface area contributed by atoms with Gasteiger partial charge in [0.1, 0.15) is 5.82 Å². The lowest BCUT2D eigenvalue weighted by atomic mass is 9.94. The van der Waals surface area contributed by atoms with Crippen LogP contribution in [-0.4, -0.2) is 63.2 Å². The molecule has 134 valence electrons. The quantitative estimate of drug-likeness (QED) is 0.876. The fraction of sp³-hybridized carbons (Fsp3) is 0.471. The smallest absolute Gasteiger partial charge is 0.322 e. The second-order valence-corrected chi connectivity index (χ2v) is 6.46. The summed E-state index contributed by atoms with van der Waals surface area (Å²) in [5.74, 6) is 0.456. The Kier molecular flexibility index (Phi) is 5.00. The van der Waals surface area contributed by atoms with Gasteiger partial charge in [-0.3, -0.25) is 10.00 Å². The van der Waals surface area contributed by atoms with E-state index in [1.807, 2.05) is 19.3 Å². The number of carbonyl (C=O) groups excluding carboxylic acids is 1. The summed E-state index contributed by atoms with van der Waals surface area (Å²) in [6.45, 7) is 1.28. The molecule has 3 rings (SSSR count). The van der Waals surface area contributed by atoms with E-state index in [2.05, 4.69) is 15.4 Å². The number of rotatable bonds is 4. The number of urea groups is 1. The molecule has 3 heterocycles. The van der Waals surface area contributed by atoms with Gasteiger partial charge in [0.2, 0.25) is 0 Å². The summed E-state index contributed by atoms with van der Waals surface area (Å²) in [5.41, 5.74) is 0.976. The molecule has 8 heteroatoms. The molecule has 0 radical (unpaired) electrons. The Hall–Kier alpha value is -2.45. The summed E-state index contributed by atoms with van der Waals surface area (Å²) in [6.07, 6.45) is 6.35. The van der Waals surface area contributed by atoms with Crippen LogP contribution in [0.15, 0.2) is 30.7 Å². The van der Waals surface area contributed by atoms with E-state index in [9.17, 15) is 9.90 Å². The first-order valence-corrected chi connectivity index (χ1v) is 8.22. The Bertz CT molecular complexity index is 739. The van der Waals surface area contributed by atoms with E-state index < -0.39 is 5.60 Å². The van der Waals surface area contributed by atoms with E-state index in [1.54, 1.807) is 30.2 Å². The molecule has 25 heavy (non-hydrogen) atoms. The number of hydrogen-bond acceptors (Lipinski definition) is 5. The number of anilines is 1. The summed E-state index contributed by atoms with van der Waals surface area (Å²) in [7, 11) is 3.51. The lowest BCUT2D eigenvalue weighted by Crippen LogP contribution is -2.48. The first-order valence-electron chi connectivity index (χ1n) is 8.22. The zero-order chi connectivity index (χ0) is 17.9. The normalized spacial score (nSPS) is 16.4. The third-order valence-electron chi connectivity index (χ3n) is 4.33. The molecule has 0 atom stereocenters. The van der Waals surface area contributed by atoms with Crippen molar-refractivity contribution in [3.8, 4) is 11.1 Å². The number of hydrogen-bond donors (Lipinski definition) is 2. The monoisotopic (exact) mass is 345 g/mol. The number of ether oxygens (including phenoxy) is 1. The van der Waals surface area contributed by atoms with Gasteiger partial charge in [0.25, 0.3) is 0 Å². The maximum atomic E-state index is 12.4. The molecule has 0 aromatic carbocycles. The molecule has 2 amide bonds. The van der Waals surface area contributed by atoms with Gasteiger partial charge >= 0.3 is 6.03 Å². The molecule has 0 unspecified atom stereocenters. The summed E-state index contributed by atoms with van der Waals surface area (Å²) in [5, 5.41) is 17.4. The van der Waals surface area contributed by atoms with Gasteiger partial charge in [-0.15, -0.1) is 0 Å². The van der Waals surface area contributed by atoms with Crippen LogP contribution in [0.4, 0.5) is 10.6 Å². The van der Waals surface area contributed by atoms with Gasteiger partial charge in [0.05, 0.1) is 18.3 Å².